The van der Waals surface area contributed by atoms with Crippen LogP contribution >= 0.6 is 68.8 Å². The third-order valence-corrected chi connectivity index (χ3v) is 17.3. The molecular weight excluding hydrogens is 1300 g/mol. The number of halogens is 6. The normalized spacial score (nSPS) is 12.2. The van der Waals surface area contributed by atoms with E-state index < -0.39 is 6.36 Å². The average Bonchev–Trinajstić information content (AvgIpc) is 1.54. The number of benzene rings is 2. The molecule has 0 atom stereocenters. The van der Waals surface area contributed by atoms with Gasteiger partial charge in [-0.25, -0.2) is 24.9 Å². The van der Waals surface area contributed by atoms with Crippen LogP contribution in [0.4, 0.5) is 13.2 Å². The van der Waals surface area contributed by atoms with Gasteiger partial charge in [0.1, 0.15) is 31.9 Å². The third-order valence-electron chi connectivity index (χ3n) is 13.0. The van der Waals surface area contributed by atoms with E-state index in [-0.39, 0.29) is 54.5 Å². The molecule has 0 amide bonds. The third kappa shape index (κ3) is 30.8. The van der Waals surface area contributed by atoms with Crippen molar-refractivity contribution in [3.05, 3.63) is 160 Å². The summed E-state index contributed by atoms with van der Waals surface area (Å²) in [6.45, 7) is 57.7. The van der Waals surface area contributed by atoms with Crippen LogP contribution in [-0.4, -0.2) is 71.2 Å². The fourth-order valence-electron chi connectivity index (χ4n) is 7.48. The van der Waals surface area contributed by atoms with Gasteiger partial charge in [-0.15, -0.1) is 56.2 Å². The molecule has 0 aliphatic carbocycles. The number of hydrogen-bond acceptors (Lipinski definition) is 15. The molecule has 0 saturated carbocycles. The summed E-state index contributed by atoms with van der Waals surface area (Å²) in [6, 6.07) is 12.3. The number of nitrogens with zero attached hydrogens (tertiary/aromatic N) is 13. The zero-order valence-corrected chi connectivity index (χ0v) is 65.2. The van der Waals surface area contributed by atoms with Gasteiger partial charge in [0.2, 0.25) is 9.75 Å². The van der Waals surface area contributed by atoms with Crippen LogP contribution in [0.1, 0.15) is 236 Å². The fraction of sp³-hybridized carbons (Fsp3) is 0.557. The van der Waals surface area contributed by atoms with E-state index in [0.717, 1.165) is 35.9 Å². The van der Waals surface area contributed by atoms with Crippen LogP contribution in [0.25, 0.3) is 10.8 Å². The Balaban J connectivity index is 0.000000367. The Morgan fingerprint density at radius 2 is 0.978 bits per heavy atom. The van der Waals surface area contributed by atoms with Gasteiger partial charge in [0.25, 0.3) is 0 Å². The van der Waals surface area contributed by atoms with E-state index in [9.17, 15) is 13.2 Å². The van der Waals surface area contributed by atoms with Crippen molar-refractivity contribution in [2.45, 2.75) is 242 Å². The SMILES string of the molecule is CC(C)(C)c1ccc(OC(F)(F)F)c2ccccc12.CC(C)(C)c1cnc(Cl)nc1.CC(C)(C)c1cncnc1.CC(C)(C)c1ncc(Cl)s1.CC(C)(C)c1nnc(Cl)s1.CC(C)(C)c1nncs1.Cn1cc(C(C)(C)C)cn1.Cn1nc(C(C)(C)C)cc1C(C)(C)C. The molecule has 2 aromatic carbocycles. The molecule has 7 heterocycles. The van der Waals surface area contributed by atoms with Crippen molar-refractivity contribution >= 4 is 79.6 Å². The molecule has 7 aromatic heterocycles. The molecule has 9 rings (SSSR count). The largest absolute Gasteiger partial charge is 0.573 e. The van der Waals surface area contributed by atoms with E-state index in [1.165, 1.54) is 39.9 Å². The van der Waals surface area contributed by atoms with Crippen LogP contribution < -0.4 is 4.74 Å². The minimum Gasteiger partial charge on any atom is -0.405 e. The van der Waals surface area contributed by atoms with E-state index >= 15 is 0 Å². The van der Waals surface area contributed by atoms with Gasteiger partial charge < -0.3 is 4.74 Å². The van der Waals surface area contributed by atoms with Gasteiger partial charge in [0, 0.05) is 83.2 Å². The molecule has 0 unspecified atom stereocenters. The first kappa shape index (κ1) is 83.6. The molecule has 0 N–H and O–H groups in total. The first-order valence-corrected chi connectivity index (χ1v) is 34.1. The Kier molecular flexibility index (Phi) is 30.5. The lowest BCUT2D eigenvalue weighted by atomic mass is 9.83. The molecule has 0 bridgehead atoms. The number of aryl methyl sites for hydroxylation is 2. The Morgan fingerprint density at radius 3 is 1.28 bits per heavy atom. The molecule has 0 aliphatic heterocycles. The van der Waals surface area contributed by atoms with E-state index in [0.29, 0.717) is 15.1 Å². The number of alkyl halides is 3. The molecule has 0 saturated heterocycles. The zero-order chi connectivity index (χ0) is 71.7. The van der Waals surface area contributed by atoms with Crippen LogP contribution in [0.15, 0.2) is 97.7 Å². The van der Waals surface area contributed by atoms with Crippen LogP contribution in [0, 0.1) is 0 Å². The molecule has 9 aromatic rings. The van der Waals surface area contributed by atoms with E-state index in [1.54, 1.807) is 71.3 Å². The lowest BCUT2D eigenvalue weighted by molar-refractivity contribution is -0.274. The number of hydrogen-bond donors (Lipinski definition) is 0. The quantitative estimate of drug-likeness (QED) is 0.143. The zero-order valence-electron chi connectivity index (χ0n) is 60.5. The minimum absolute atomic E-state index is 0.0742. The molecular formula is C70H103Cl3F3N13OS3. The Hall–Kier alpha value is -5.51. The molecule has 514 valence electrons. The first-order chi connectivity index (χ1) is 42.0. The predicted octanol–water partition coefficient (Wildman–Crippen LogP) is 21.4. The second kappa shape index (κ2) is 33.9. The van der Waals surface area contributed by atoms with E-state index in [4.69, 9.17) is 34.8 Å². The Morgan fingerprint density at radius 1 is 0.473 bits per heavy atom. The number of rotatable bonds is 1. The lowest BCUT2D eigenvalue weighted by Gasteiger charge is -2.22. The van der Waals surface area contributed by atoms with Gasteiger partial charge in [-0.05, 0) is 84.6 Å². The molecule has 0 aliphatic rings. The summed E-state index contributed by atoms with van der Waals surface area (Å²) in [5.41, 5.74) is 9.84. The van der Waals surface area contributed by atoms with Crippen LogP contribution in [0.5, 0.6) is 5.75 Å². The summed E-state index contributed by atoms with van der Waals surface area (Å²) >= 11 is 21.5. The Bertz CT molecular complexity index is 3490. The second-order valence-corrected chi connectivity index (χ2v) is 35.7. The van der Waals surface area contributed by atoms with Crippen LogP contribution in [-0.2, 0) is 62.8 Å². The van der Waals surface area contributed by atoms with Crippen molar-refractivity contribution in [2.24, 2.45) is 14.1 Å². The molecule has 93 heavy (non-hydrogen) atoms. The highest BCUT2D eigenvalue weighted by atomic mass is 35.5. The summed E-state index contributed by atoms with van der Waals surface area (Å²) in [7, 11) is 3.96. The summed E-state index contributed by atoms with van der Waals surface area (Å²) in [6.07, 6.45) is 9.78. The average molecular weight is 1400 g/mol. The van der Waals surface area contributed by atoms with E-state index in [2.05, 4.69) is 239 Å². The summed E-state index contributed by atoms with van der Waals surface area (Å²) < 4.78 is 46.3. The molecule has 23 heteroatoms. The lowest BCUT2D eigenvalue weighted by Crippen LogP contribution is -2.18. The maximum absolute atomic E-state index is 12.4. The first-order valence-electron chi connectivity index (χ1n) is 30.4. The number of aromatic nitrogens is 13. The van der Waals surface area contributed by atoms with Crippen LogP contribution in [0.2, 0.25) is 14.1 Å². The van der Waals surface area contributed by atoms with Crippen molar-refractivity contribution in [2.75, 3.05) is 0 Å². The van der Waals surface area contributed by atoms with Gasteiger partial charge in [-0.2, -0.15) is 10.2 Å². The smallest absolute Gasteiger partial charge is 0.405 e. The summed E-state index contributed by atoms with van der Waals surface area (Å²) in [5.74, 6) is -0.156. The molecule has 0 fully saturated rings. The van der Waals surface area contributed by atoms with E-state index in [1.807, 2.05) is 75.0 Å². The van der Waals surface area contributed by atoms with Gasteiger partial charge >= 0.3 is 6.36 Å². The van der Waals surface area contributed by atoms with Gasteiger partial charge in [-0.1, -0.05) is 240 Å². The van der Waals surface area contributed by atoms with Crippen molar-refractivity contribution < 1.29 is 17.9 Å². The molecule has 0 radical (unpaired) electrons. The monoisotopic (exact) mass is 1400 g/mol. The maximum Gasteiger partial charge on any atom is 0.573 e. The van der Waals surface area contributed by atoms with Gasteiger partial charge in [0.15, 0.2) is 0 Å². The minimum atomic E-state index is -4.67. The highest BCUT2D eigenvalue weighted by Gasteiger charge is 2.33. The standard InChI is InChI=1S/C15H15F3O.C12H22N2.C8H11ClN2.C8H14N2.C8H12N2.C7H10ClNS.C6H9ClN2S.C6H10N2S/c1-14(2,3)12-8-9-13(19-15(16,17)18)11-7-5-4-6-10(11)12;1-11(2,3)9-8-10(12(4,5)6)14(7)13-9;1-8(2,3)6-4-10-7(9)11-5-6;1-8(2,3)7-5-9-10(4)6-7;1-8(2,3)7-4-9-6-10-5-7;1-7(2,3)6-9-4-5(8)10-6;1-6(2,3)4-8-9-5(7)10-4;1-6(2,3)5-8-7-4-9-5/h4-9H,1-3H3;8H,1-7H3;4-5H,1-3H3;5-6H,1-4H3;4-6H,1-3H3;4H,1-3H3;1-3H3;4H,1-3H3. The maximum atomic E-state index is 12.4. The van der Waals surface area contributed by atoms with Crippen molar-refractivity contribution in [3.63, 3.8) is 0 Å². The molecule has 14 nitrogen and oxygen atoms in total. The van der Waals surface area contributed by atoms with Crippen molar-refractivity contribution in [1.29, 1.82) is 0 Å². The van der Waals surface area contributed by atoms with Gasteiger partial charge in [0.05, 0.1) is 23.1 Å². The van der Waals surface area contributed by atoms with Crippen LogP contribution in [0.3, 0.4) is 0 Å². The van der Waals surface area contributed by atoms with Gasteiger partial charge in [-0.3, -0.25) is 9.36 Å². The summed E-state index contributed by atoms with van der Waals surface area (Å²) in [5, 5.41) is 28.8. The predicted molar refractivity (Wildman–Crippen MR) is 386 cm³/mol. The number of ether oxygens (including phenoxy) is 1. The highest BCUT2D eigenvalue weighted by molar-refractivity contribution is 7.16. The summed E-state index contributed by atoms with van der Waals surface area (Å²) in [4.78, 5) is 19.9. The van der Waals surface area contributed by atoms with Crippen molar-refractivity contribution in [1.82, 2.24) is 64.9 Å². The number of fused-ring (bicyclic) bond motifs is 1. The molecule has 0 spiro atoms. The fourth-order valence-corrected chi connectivity index (χ4v) is 10.1. The second-order valence-electron chi connectivity index (χ2n) is 31.3. The topological polar surface area (TPSA) is 161 Å². The van der Waals surface area contributed by atoms with Crippen molar-refractivity contribution in [3.8, 4) is 5.75 Å². The Labute approximate surface area is 580 Å². The number of thiazole rings is 1. The highest BCUT2D eigenvalue weighted by Crippen LogP contribution is 2.38.